The van der Waals surface area contributed by atoms with Crippen LogP contribution in [0.1, 0.15) is 10.4 Å². The molecule has 0 atom stereocenters. The van der Waals surface area contributed by atoms with E-state index >= 15 is 0 Å². The Morgan fingerprint density at radius 3 is 2.87 bits per heavy atom. The summed E-state index contributed by atoms with van der Waals surface area (Å²) in [5.41, 5.74) is 0.791. The van der Waals surface area contributed by atoms with Crippen molar-refractivity contribution >= 4 is 39.8 Å². The Morgan fingerprint density at radius 1 is 1.26 bits per heavy atom. The van der Waals surface area contributed by atoms with Crippen LogP contribution in [0, 0.1) is 0 Å². The number of phenols is 1. The lowest BCUT2D eigenvalue weighted by molar-refractivity contribution is 0.0603. The second-order valence-electron chi connectivity index (χ2n) is 4.84. The second-order valence-corrected chi connectivity index (χ2v) is 5.28. The van der Waals surface area contributed by atoms with Crippen LogP contribution in [0.5, 0.6) is 5.75 Å². The summed E-state index contributed by atoms with van der Waals surface area (Å²) in [5.74, 6) is 0.00628. The molecule has 0 saturated heterocycles. The molecule has 0 aliphatic rings. The van der Waals surface area contributed by atoms with Crippen LogP contribution < -0.4 is 5.32 Å². The predicted molar refractivity (Wildman–Crippen MR) is 89.5 cm³/mol. The zero-order chi connectivity index (χ0) is 16.4. The van der Waals surface area contributed by atoms with Gasteiger partial charge in [-0.2, -0.15) is 0 Å². The molecular formula is C17H13ClN2O3. The maximum absolute atomic E-state index is 12.0. The molecule has 0 amide bonds. The number of carbonyl (C=O) groups excluding carboxylic acids is 1. The van der Waals surface area contributed by atoms with E-state index in [-0.39, 0.29) is 5.75 Å². The number of methoxy groups -OCH3 is 1. The lowest BCUT2D eigenvalue weighted by Gasteiger charge is -2.12. The molecule has 0 bridgehead atoms. The number of nitrogens with one attached hydrogen (secondary N) is 1. The molecule has 0 spiro atoms. The third-order valence-corrected chi connectivity index (χ3v) is 3.64. The van der Waals surface area contributed by atoms with Crippen molar-refractivity contribution in [3.63, 3.8) is 0 Å². The van der Waals surface area contributed by atoms with Gasteiger partial charge in [0.05, 0.1) is 18.4 Å². The fourth-order valence-corrected chi connectivity index (χ4v) is 2.51. The average molecular weight is 329 g/mol. The van der Waals surface area contributed by atoms with Gasteiger partial charge in [-0.15, -0.1) is 0 Å². The Hall–Kier alpha value is -2.79. The van der Waals surface area contributed by atoms with Gasteiger partial charge in [0, 0.05) is 16.6 Å². The number of benzene rings is 2. The molecule has 0 unspecified atom stereocenters. The van der Waals surface area contributed by atoms with Crippen LogP contribution in [0.3, 0.4) is 0 Å². The van der Waals surface area contributed by atoms with Crippen LogP contribution in [0.2, 0.25) is 5.02 Å². The highest BCUT2D eigenvalue weighted by Crippen LogP contribution is 2.33. The summed E-state index contributed by atoms with van der Waals surface area (Å²) in [7, 11) is 1.33. The number of halogens is 1. The Labute approximate surface area is 137 Å². The minimum Gasteiger partial charge on any atom is -0.506 e. The molecule has 116 valence electrons. The molecule has 23 heavy (non-hydrogen) atoms. The molecule has 0 aliphatic heterocycles. The van der Waals surface area contributed by atoms with Gasteiger partial charge in [-0.05, 0) is 35.7 Å². The molecule has 0 saturated carbocycles. The summed E-state index contributed by atoms with van der Waals surface area (Å²) < 4.78 is 4.83. The first-order valence-electron chi connectivity index (χ1n) is 6.81. The number of ether oxygens (including phenoxy) is 1. The first-order chi connectivity index (χ1) is 11.1. The molecule has 3 rings (SSSR count). The highest BCUT2D eigenvalue weighted by Gasteiger charge is 2.15. The Bertz CT molecular complexity index is 891. The fraction of sp³-hybridized carbons (Fsp3) is 0.0588. The molecule has 2 N–H and O–H groups in total. The third kappa shape index (κ3) is 2.91. The van der Waals surface area contributed by atoms with Gasteiger partial charge in [0.25, 0.3) is 0 Å². The number of rotatable bonds is 3. The van der Waals surface area contributed by atoms with E-state index in [0.717, 1.165) is 5.39 Å². The lowest BCUT2D eigenvalue weighted by Crippen LogP contribution is -2.04. The van der Waals surface area contributed by atoms with Crippen molar-refractivity contribution < 1.29 is 14.6 Å². The molecule has 1 aromatic heterocycles. The molecule has 0 radical (unpaired) electrons. The van der Waals surface area contributed by atoms with E-state index in [4.69, 9.17) is 16.3 Å². The fourth-order valence-electron chi connectivity index (χ4n) is 2.34. The SMILES string of the molecule is COC(=O)c1cccc2ccnc(Nc3cc(Cl)ccc3O)c12. The standard InChI is InChI=1S/C17H13ClN2O3/c1-23-17(22)12-4-2-3-10-7-8-19-16(15(10)12)20-13-9-11(18)5-6-14(13)21/h2-9,21H,1H3,(H,19,20). The highest BCUT2D eigenvalue weighted by molar-refractivity contribution is 6.31. The van der Waals surface area contributed by atoms with E-state index < -0.39 is 5.97 Å². The van der Waals surface area contributed by atoms with E-state index in [2.05, 4.69) is 10.3 Å². The number of carbonyl (C=O) groups is 1. The molecule has 5 nitrogen and oxygen atoms in total. The zero-order valence-corrected chi connectivity index (χ0v) is 13.0. The minimum absolute atomic E-state index is 0.0313. The summed E-state index contributed by atoms with van der Waals surface area (Å²) in [6, 6.07) is 11.7. The van der Waals surface area contributed by atoms with Crippen LogP contribution in [-0.2, 0) is 4.74 Å². The zero-order valence-electron chi connectivity index (χ0n) is 12.2. The first-order valence-corrected chi connectivity index (χ1v) is 7.19. The van der Waals surface area contributed by atoms with Crippen molar-refractivity contribution in [2.75, 3.05) is 12.4 Å². The van der Waals surface area contributed by atoms with Gasteiger partial charge in [0.15, 0.2) is 0 Å². The predicted octanol–water partition coefficient (Wildman–Crippen LogP) is 4.12. The molecule has 2 aromatic carbocycles. The van der Waals surface area contributed by atoms with Crippen LogP contribution in [0.25, 0.3) is 10.8 Å². The van der Waals surface area contributed by atoms with Crippen LogP contribution in [-0.4, -0.2) is 23.2 Å². The summed E-state index contributed by atoms with van der Waals surface area (Å²) in [6.45, 7) is 0. The number of pyridine rings is 1. The normalized spacial score (nSPS) is 10.5. The molecule has 3 aromatic rings. The second kappa shape index (κ2) is 6.14. The van der Waals surface area contributed by atoms with E-state index in [0.29, 0.717) is 27.5 Å². The van der Waals surface area contributed by atoms with E-state index in [1.807, 2.05) is 6.07 Å². The van der Waals surface area contributed by atoms with Gasteiger partial charge in [0.2, 0.25) is 0 Å². The maximum Gasteiger partial charge on any atom is 0.338 e. The van der Waals surface area contributed by atoms with Crippen LogP contribution in [0.4, 0.5) is 11.5 Å². The van der Waals surface area contributed by atoms with Gasteiger partial charge < -0.3 is 15.2 Å². The number of phenolic OH excluding ortho intramolecular Hbond substituents is 1. The Kier molecular flexibility index (Phi) is 4.04. The maximum atomic E-state index is 12.0. The van der Waals surface area contributed by atoms with Crippen molar-refractivity contribution in [1.29, 1.82) is 0 Å². The number of hydrogen-bond acceptors (Lipinski definition) is 5. The molecule has 1 heterocycles. The van der Waals surface area contributed by atoms with Crippen molar-refractivity contribution in [3.05, 3.63) is 59.2 Å². The monoisotopic (exact) mass is 328 g/mol. The van der Waals surface area contributed by atoms with E-state index in [1.54, 1.807) is 36.5 Å². The average Bonchev–Trinajstić information content (AvgIpc) is 2.57. The Balaban J connectivity index is 2.17. The van der Waals surface area contributed by atoms with E-state index in [9.17, 15) is 9.90 Å². The smallest absolute Gasteiger partial charge is 0.338 e. The number of aromatic hydroxyl groups is 1. The minimum atomic E-state index is -0.457. The Morgan fingerprint density at radius 2 is 2.09 bits per heavy atom. The van der Waals surface area contributed by atoms with Crippen LogP contribution >= 0.6 is 11.6 Å². The number of fused-ring (bicyclic) bond motifs is 1. The summed E-state index contributed by atoms with van der Waals surface area (Å²) in [4.78, 5) is 16.3. The van der Waals surface area contributed by atoms with Crippen molar-refractivity contribution in [1.82, 2.24) is 4.98 Å². The van der Waals surface area contributed by atoms with Gasteiger partial charge >= 0.3 is 5.97 Å². The van der Waals surface area contributed by atoms with Gasteiger partial charge in [0.1, 0.15) is 11.6 Å². The van der Waals surface area contributed by atoms with Crippen molar-refractivity contribution in [2.24, 2.45) is 0 Å². The topological polar surface area (TPSA) is 71.5 Å². The molecule has 6 heteroatoms. The van der Waals surface area contributed by atoms with Gasteiger partial charge in [-0.25, -0.2) is 9.78 Å². The van der Waals surface area contributed by atoms with Gasteiger partial charge in [-0.3, -0.25) is 0 Å². The van der Waals surface area contributed by atoms with Gasteiger partial charge in [-0.1, -0.05) is 23.7 Å². The lowest BCUT2D eigenvalue weighted by atomic mass is 10.1. The quantitative estimate of drug-likeness (QED) is 0.559. The van der Waals surface area contributed by atoms with E-state index in [1.165, 1.54) is 13.2 Å². The summed E-state index contributed by atoms with van der Waals surface area (Å²) in [6.07, 6.45) is 1.62. The number of anilines is 2. The number of hydrogen-bond donors (Lipinski definition) is 2. The molecular weight excluding hydrogens is 316 g/mol. The molecule has 0 aliphatic carbocycles. The highest BCUT2D eigenvalue weighted by atomic mass is 35.5. The first kappa shape index (κ1) is 15.1. The largest absolute Gasteiger partial charge is 0.506 e. The van der Waals surface area contributed by atoms with Crippen LogP contribution in [0.15, 0.2) is 48.7 Å². The number of aromatic nitrogens is 1. The third-order valence-electron chi connectivity index (χ3n) is 3.41. The molecule has 0 fully saturated rings. The number of nitrogens with zero attached hydrogens (tertiary/aromatic N) is 1. The van der Waals surface area contributed by atoms with Crippen molar-refractivity contribution in [2.45, 2.75) is 0 Å². The summed E-state index contributed by atoms with van der Waals surface area (Å²) >= 11 is 5.96. The number of esters is 1. The summed E-state index contributed by atoms with van der Waals surface area (Å²) in [5, 5.41) is 14.9. The van der Waals surface area contributed by atoms with Crippen molar-refractivity contribution in [3.8, 4) is 5.75 Å².